The Balaban J connectivity index is 1.38. The molecule has 8 nitrogen and oxygen atoms in total. The monoisotopic (exact) mass is 412 g/mol. The van der Waals surface area contributed by atoms with Gasteiger partial charge in [-0.25, -0.2) is 10.0 Å². The van der Waals surface area contributed by atoms with Crippen LogP contribution in [0.25, 0.3) is 16.6 Å². The van der Waals surface area contributed by atoms with E-state index in [1.54, 1.807) is 11.2 Å². The number of alkyl halides is 3. The zero-order chi connectivity index (χ0) is 20.9. The van der Waals surface area contributed by atoms with Crippen molar-refractivity contribution >= 4 is 22.4 Å². The van der Waals surface area contributed by atoms with Gasteiger partial charge in [-0.05, 0) is 29.8 Å². The molecule has 1 atom stereocenters. The van der Waals surface area contributed by atoms with Crippen LogP contribution >= 0.6 is 0 Å². The summed E-state index contributed by atoms with van der Waals surface area (Å²) in [6, 6.07) is 10.7. The largest absolute Gasteiger partial charge is 0.435 e. The summed E-state index contributed by atoms with van der Waals surface area (Å²) in [7, 11) is 1.45. The van der Waals surface area contributed by atoms with E-state index < -0.39 is 18.0 Å². The summed E-state index contributed by atoms with van der Waals surface area (Å²) in [5, 5.41) is 17.7. The lowest BCUT2D eigenvalue weighted by Gasteiger charge is -2.26. The first-order chi connectivity index (χ1) is 14.4. The average molecular weight is 412 g/mol. The lowest BCUT2D eigenvalue weighted by Crippen LogP contribution is -2.45. The number of rotatable bonds is 3. The van der Waals surface area contributed by atoms with Gasteiger partial charge in [0.1, 0.15) is 0 Å². The lowest BCUT2D eigenvalue weighted by atomic mass is 10.1. The molecule has 11 heteroatoms. The van der Waals surface area contributed by atoms with Gasteiger partial charge in [-0.1, -0.05) is 17.4 Å². The van der Waals surface area contributed by atoms with Crippen LogP contribution in [0.3, 0.4) is 0 Å². The molecule has 0 saturated carbocycles. The highest BCUT2D eigenvalue weighted by Crippen LogP contribution is 2.31. The number of hydrogen-bond donors (Lipinski definition) is 1. The normalized spacial score (nSPS) is 18.3. The number of aliphatic imine (C=N–C) groups is 1. The number of halogens is 3. The summed E-state index contributed by atoms with van der Waals surface area (Å²) in [5.74, 6) is 0.444. The second-order valence-electron chi connectivity index (χ2n) is 6.93. The van der Waals surface area contributed by atoms with Crippen molar-refractivity contribution in [3.05, 3.63) is 65.7 Å². The van der Waals surface area contributed by atoms with Crippen LogP contribution in [-0.4, -0.2) is 31.8 Å². The van der Waals surface area contributed by atoms with Crippen LogP contribution in [0, 0.1) is 0 Å². The summed E-state index contributed by atoms with van der Waals surface area (Å²) >= 11 is 0. The molecule has 0 fully saturated rings. The Morgan fingerprint density at radius 3 is 2.83 bits per heavy atom. The molecule has 0 spiro atoms. The molecule has 1 unspecified atom stereocenters. The van der Waals surface area contributed by atoms with E-state index in [4.69, 9.17) is 0 Å². The van der Waals surface area contributed by atoms with Crippen molar-refractivity contribution in [1.29, 1.82) is 0 Å². The maximum atomic E-state index is 13.0. The smallest absolute Gasteiger partial charge is 0.355 e. The van der Waals surface area contributed by atoms with Gasteiger partial charge in [0.2, 0.25) is 0 Å². The van der Waals surface area contributed by atoms with E-state index in [0.717, 1.165) is 22.5 Å². The standard InChI is InChI=1S/C19H15F3N8/c1-29-15(8-16(27-29)19(20,21)22)14-9-24-17-18(25-14)30(28-26-17)10-11-4-5-13-12(7-11)3-2-6-23-13/h2-9,18,25H,10H2,1H3. The molecule has 1 N–H and O–H groups in total. The molecular formula is C19H15F3N8. The molecule has 0 bridgehead atoms. The van der Waals surface area contributed by atoms with Crippen LogP contribution in [0.2, 0.25) is 0 Å². The second-order valence-corrected chi connectivity index (χ2v) is 6.93. The van der Waals surface area contributed by atoms with Gasteiger partial charge in [0.05, 0.1) is 29.7 Å². The summed E-state index contributed by atoms with van der Waals surface area (Å²) in [6.07, 6.45) is -1.83. The molecule has 2 aromatic heterocycles. The molecule has 0 aliphatic carbocycles. The number of aryl methyl sites for hydroxylation is 1. The van der Waals surface area contributed by atoms with E-state index in [9.17, 15) is 13.2 Å². The molecular weight excluding hydrogens is 397 g/mol. The van der Waals surface area contributed by atoms with Crippen molar-refractivity contribution < 1.29 is 13.2 Å². The average Bonchev–Trinajstić information content (AvgIpc) is 3.31. The van der Waals surface area contributed by atoms with E-state index in [-0.39, 0.29) is 5.69 Å². The van der Waals surface area contributed by atoms with E-state index >= 15 is 0 Å². The number of pyridine rings is 1. The Morgan fingerprint density at radius 2 is 2.03 bits per heavy atom. The van der Waals surface area contributed by atoms with Gasteiger partial charge in [0.15, 0.2) is 17.7 Å². The lowest BCUT2D eigenvalue weighted by molar-refractivity contribution is -0.141. The van der Waals surface area contributed by atoms with Crippen LogP contribution in [0.4, 0.5) is 13.2 Å². The van der Waals surface area contributed by atoms with Gasteiger partial charge in [0, 0.05) is 18.6 Å². The molecule has 2 aliphatic rings. The van der Waals surface area contributed by atoms with Gasteiger partial charge < -0.3 is 5.32 Å². The van der Waals surface area contributed by atoms with Crippen molar-refractivity contribution in [2.45, 2.75) is 18.9 Å². The number of benzene rings is 1. The quantitative estimate of drug-likeness (QED) is 0.714. The summed E-state index contributed by atoms with van der Waals surface area (Å²) in [6.45, 7) is 0.442. The Morgan fingerprint density at radius 1 is 1.17 bits per heavy atom. The number of fused-ring (bicyclic) bond motifs is 2. The van der Waals surface area contributed by atoms with E-state index in [1.165, 1.54) is 17.9 Å². The zero-order valence-corrected chi connectivity index (χ0v) is 15.7. The van der Waals surface area contributed by atoms with Crippen LogP contribution < -0.4 is 5.32 Å². The van der Waals surface area contributed by atoms with Crippen LogP contribution in [0.5, 0.6) is 0 Å². The summed E-state index contributed by atoms with van der Waals surface area (Å²) < 4.78 is 40.2. The molecule has 0 radical (unpaired) electrons. The van der Waals surface area contributed by atoms with Crippen molar-refractivity contribution in [3.8, 4) is 0 Å². The van der Waals surface area contributed by atoms with Gasteiger partial charge in [-0.2, -0.15) is 18.3 Å². The number of aromatic nitrogens is 3. The molecule has 152 valence electrons. The third-order valence-electron chi connectivity index (χ3n) is 4.88. The molecule has 5 rings (SSSR count). The van der Waals surface area contributed by atoms with Crippen molar-refractivity contribution in [3.63, 3.8) is 0 Å². The first kappa shape index (κ1) is 18.3. The number of amidine groups is 1. The van der Waals surface area contributed by atoms with Crippen molar-refractivity contribution in [2.75, 3.05) is 0 Å². The third kappa shape index (κ3) is 3.17. The Labute approximate surface area is 168 Å². The minimum Gasteiger partial charge on any atom is -0.355 e. The fraction of sp³-hybridized carbons (Fsp3) is 0.211. The molecule has 3 aromatic rings. The number of nitrogens with zero attached hydrogens (tertiary/aromatic N) is 7. The maximum Gasteiger partial charge on any atom is 0.435 e. The highest BCUT2D eigenvalue weighted by atomic mass is 19.4. The minimum atomic E-state index is -4.52. The topological polar surface area (TPSA) is 83.1 Å². The molecule has 2 aliphatic heterocycles. The summed E-state index contributed by atoms with van der Waals surface area (Å²) in [4.78, 5) is 8.57. The van der Waals surface area contributed by atoms with Gasteiger partial charge in [-0.15, -0.1) is 5.11 Å². The second kappa shape index (κ2) is 6.65. The first-order valence-corrected chi connectivity index (χ1v) is 9.06. The highest BCUT2D eigenvalue weighted by Gasteiger charge is 2.37. The zero-order valence-electron chi connectivity index (χ0n) is 15.7. The van der Waals surface area contributed by atoms with Crippen LogP contribution in [0.1, 0.15) is 17.0 Å². The van der Waals surface area contributed by atoms with E-state index in [2.05, 4.69) is 30.7 Å². The summed E-state index contributed by atoms with van der Waals surface area (Å²) in [5.41, 5.74) is 1.61. The van der Waals surface area contributed by atoms with Crippen molar-refractivity contribution in [2.24, 2.45) is 22.4 Å². The number of nitrogens with one attached hydrogen (secondary N) is 1. The third-order valence-corrected chi connectivity index (χ3v) is 4.88. The molecule has 30 heavy (non-hydrogen) atoms. The minimum absolute atomic E-state index is 0.272. The van der Waals surface area contributed by atoms with Gasteiger partial charge in [-0.3, -0.25) is 9.67 Å². The van der Waals surface area contributed by atoms with E-state index in [1.807, 2.05) is 30.3 Å². The van der Waals surface area contributed by atoms with Crippen molar-refractivity contribution in [1.82, 2.24) is 25.1 Å². The van der Waals surface area contributed by atoms with E-state index in [0.29, 0.717) is 18.1 Å². The number of hydrogen-bond acceptors (Lipinski definition) is 7. The fourth-order valence-corrected chi connectivity index (χ4v) is 3.42. The predicted octanol–water partition coefficient (Wildman–Crippen LogP) is 3.50. The molecule has 0 amide bonds. The Hall–Kier alpha value is -3.76. The molecule has 4 heterocycles. The van der Waals surface area contributed by atoms with Gasteiger partial charge >= 0.3 is 6.18 Å². The Kier molecular flexibility index (Phi) is 4.05. The van der Waals surface area contributed by atoms with Crippen LogP contribution in [0.15, 0.2) is 64.1 Å². The van der Waals surface area contributed by atoms with Gasteiger partial charge in [0.25, 0.3) is 0 Å². The highest BCUT2D eigenvalue weighted by molar-refractivity contribution is 5.92. The molecule has 0 saturated heterocycles. The predicted molar refractivity (Wildman–Crippen MR) is 103 cm³/mol. The maximum absolute atomic E-state index is 13.0. The Bertz CT molecular complexity index is 1220. The molecule has 1 aromatic carbocycles. The SMILES string of the molecule is Cn1nc(C(F)(F)F)cc1C1=CN=C2N=NN(Cc3ccc4ncccc4c3)C2N1. The fourth-order valence-electron chi connectivity index (χ4n) is 3.42. The van der Waals surface area contributed by atoms with Crippen LogP contribution in [-0.2, 0) is 19.8 Å². The first-order valence-electron chi connectivity index (χ1n) is 9.06.